The molecule has 1 unspecified atom stereocenters. The maximum absolute atomic E-state index is 13.7. The highest BCUT2D eigenvalue weighted by atomic mass is 19.1. The Hall–Kier alpha value is -3.46. The lowest BCUT2D eigenvalue weighted by atomic mass is 10.00. The SMILES string of the molecule is CNC(=O)c1cc(C(C)Nc2cc(F)cc(F)c2)c2oc(N3CCOCC3)cc(=O)c2c1. The van der Waals surface area contributed by atoms with Gasteiger partial charge in [0.25, 0.3) is 5.91 Å². The Morgan fingerprint density at radius 1 is 1.06 bits per heavy atom. The van der Waals surface area contributed by atoms with Crippen molar-refractivity contribution in [3.8, 4) is 0 Å². The molecule has 1 fully saturated rings. The minimum atomic E-state index is -0.718. The molecule has 1 atom stereocenters. The summed E-state index contributed by atoms with van der Waals surface area (Å²) in [5.74, 6) is -1.40. The molecule has 0 radical (unpaired) electrons. The summed E-state index contributed by atoms with van der Waals surface area (Å²) in [5.41, 5.74) is 1.03. The molecule has 1 aromatic heterocycles. The molecule has 7 nitrogen and oxygen atoms in total. The first kappa shape index (κ1) is 21.8. The maximum atomic E-state index is 13.7. The topological polar surface area (TPSA) is 83.8 Å². The number of hydrogen-bond acceptors (Lipinski definition) is 6. The molecule has 1 aliphatic rings. The highest BCUT2D eigenvalue weighted by molar-refractivity contribution is 5.98. The summed E-state index contributed by atoms with van der Waals surface area (Å²) in [6.07, 6.45) is 0. The number of ether oxygens (including phenoxy) is 1. The Morgan fingerprint density at radius 3 is 2.41 bits per heavy atom. The van der Waals surface area contributed by atoms with Crippen LogP contribution in [0.3, 0.4) is 0 Å². The number of nitrogens with zero attached hydrogens (tertiary/aromatic N) is 1. The van der Waals surface area contributed by atoms with Gasteiger partial charge < -0.3 is 24.7 Å². The fourth-order valence-corrected chi connectivity index (χ4v) is 3.77. The molecule has 3 aromatic rings. The number of carbonyl (C=O) groups excluding carboxylic acids is 1. The highest BCUT2D eigenvalue weighted by Crippen LogP contribution is 2.30. The molecule has 1 aliphatic heterocycles. The van der Waals surface area contributed by atoms with Crippen molar-refractivity contribution in [1.29, 1.82) is 0 Å². The van der Waals surface area contributed by atoms with Crippen LogP contribution in [-0.2, 0) is 4.74 Å². The van der Waals surface area contributed by atoms with Crippen molar-refractivity contribution in [2.24, 2.45) is 0 Å². The van der Waals surface area contributed by atoms with E-state index in [1.807, 2.05) is 4.90 Å². The average molecular weight is 443 g/mol. The first-order chi connectivity index (χ1) is 15.4. The van der Waals surface area contributed by atoms with Crippen molar-refractivity contribution in [2.75, 3.05) is 43.6 Å². The van der Waals surface area contributed by atoms with Gasteiger partial charge in [0, 0.05) is 49.1 Å². The molecule has 1 amide bonds. The molecule has 0 aliphatic carbocycles. The van der Waals surface area contributed by atoms with Crippen LogP contribution in [0.5, 0.6) is 0 Å². The Balaban J connectivity index is 1.84. The number of rotatable bonds is 5. The molecule has 2 N–H and O–H groups in total. The molecule has 0 spiro atoms. The maximum Gasteiger partial charge on any atom is 0.251 e. The van der Waals surface area contributed by atoms with Gasteiger partial charge in [0.15, 0.2) is 11.3 Å². The fraction of sp³-hybridized carbons (Fsp3) is 0.304. The molecular weight excluding hydrogens is 420 g/mol. The Kier molecular flexibility index (Phi) is 6.09. The van der Waals surface area contributed by atoms with Crippen LogP contribution in [0.2, 0.25) is 0 Å². The first-order valence-electron chi connectivity index (χ1n) is 10.2. The Labute approximate surface area is 183 Å². The third kappa shape index (κ3) is 4.43. The van der Waals surface area contributed by atoms with E-state index in [1.165, 1.54) is 31.3 Å². The predicted octanol–water partition coefficient (Wildman–Crippen LogP) is 3.44. The zero-order valence-corrected chi connectivity index (χ0v) is 17.7. The monoisotopic (exact) mass is 443 g/mol. The number of nitrogens with one attached hydrogen (secondary N) is 2. The molecule has 168 valence electrons. The fourth-order valence-electron chi connectivity index (χ4n) is 3.77. The minimum Gasteiger partial charge on any atom is -0.440 e. The van der Waals surface area contributed by atoms with Crippen LogP contribution in [-0.4, -0.2) is 39.3 Å². The lowest BCUT2D eigenvalue weighted by molar-refractivity contribution is 0.0963. The first-order valence-corrected chi connectivity index (χ1v) is 10.2. The van der Waals surface area contributed by atoms with Gasteiger partial charge in [-0.15, -0.1) is 0 Å². The minimum absolute atomic E-state index is 0.222. The van der Waals surface area contributed by atoms with Gasteiger partial charge in [-0.25, -0.2) is 8.78 Å². The van der Waals surface area contributed by atoms with E-state index in [0.29, 0.717) is 43.3 Å². The number of halogens is 2. The number of benzene rings is 2. The summed E-state index contributed by atoms with van der Waals surface area (Å²) in [6, 6.07) is 7.09. The molecule has 0 saturated carbocycles. The van der Waals surface area contributed by atoms with Crippen molar-refractivity contribution in [3.63, 3.8) is 0 Å². The number of anilines is 2. The summed E-state index contributed by atoms with van der Waals surface area (Å²) in [4.78, 5) is 27.2. The smallest absolute Gasteiger partial charge is 0.251 e. The zero-order chi connectivity index (χ0) is 22.8. The molecule has 4 rings (SSSR count). The number of amides is 1. The third-order valence-electron chi connectivity index (χ3n) is 5.37. The number of carbonyl (C=O) groups is 1. The average Bonchev–Trinajstić information content (AvgIpc) is 2.77. The van der Waals surface area contributed by atoms with E-state index < -0.39 is 17.7 Å². The zero-order valence-electron chi connectivity index (χ0n) is 17.7. The van der Waals surface area contributed by atoms with Crippen LogP contribution in [0.1, 0.15) is 28.9 Å². The van der Waals surface area contributed by atoms with Gasteiger partial charge in [0.1, 0.15) is 17.2 Å². The molecular formula is C23H23F2N3O4. The van der Waals surface area contributed by atoms with Crippen molar-refractivity contribution in [2.45, 2.75) is 13.0 Å². The van der Waals surface area contributed by atoms with Gasteiger partial charge >= 0.3 is 0 Å². The molecule has 2 aromatic carbocycles. The number of hydrogen-bond donors (Lipinski definition) is 2. The molecule has 32 heavy (non-hydrogen) atoms. The normalized spacial score (nSPS) is 14.9. The second-order valence-corrected chi connectivity index (χ2v) is 7.59. The van der Waals surface area contributed by atoms with E-state index >= 15 is 0 Å². The standard InChI is InChI=1S/C23H23F2N3O4/c1-13(27-17-10-15(24)9-16(25)11-17)18-7-14(23(30)26-2)8-19-20(29)12-21(32-22(18)19)28-3-5-31-6-4-28/h7-13,27H,3-6H2,1-2H3,(H,26,30). The van der Waals surface area contributed by atoms with Crippen molar-refractivity contribution < 1.29 is 22.7 Å². The summed E-state index contributed by atoms with van der Waals surface area (Å²) < 4.78 is 38.8. The lowest BCUT2D eigenvalue weighted by Crippen LogP contribution is -2.36. The second-order valence-electron chi connectivity index (χ2n) is 7.59. The van der Waals surface area contributed by atoms with Gasteiger partial charge in [0.2, 0.25) is 0 Å². The largest absolute Gasteiger partial charge is 0.440 e. The van der Waals surface area contributed by atoms with E-state index in [1.54, 1.807) is 13.0 Å². The van der Waals surface area contributed by atoms with E-state index in [4.69, 9.17) is 9.15 Å². The van der Waals surface area contributed by atoms with Crippen LogP contribution in [0.25, 0.3) is 11.0 Å². The molecule has 1 saturated heterocycles. The summed E-state index contributed by atoms with van der Waals surface area (Å²) in [5, 5.41) is 5.82. The quantitative estimate of drug-likeness (QED) is 0.629. The van der Waals surface area contributed by atoms with Crippen LogP contribution in [0.15, 0.2) is 45.6 Å². The van der Waals surface area contributed by atoms with Crippen LogP contribution < -0.4 is 21.0 Å². The van der Waals surface area contributed by atoms with Gasteiger partial charge in [0.05, 0.1) is 24.6 Å². The second kappa shape index (κ2) is 8.96. The molecule has 0 bridgehead atoms. The summed E-state index contributed by atoms with van der Waals surface area (Å²) in [6.45, 7) is 3.96. The van der Waals surface area contributed by atoms with E-state index in [-0.39, 0.29) is 28.0 Å². The highest BCUT2D eigenvalue weighted by Gasteiger charge is 2.21. The van der Waals surface area contributed by atoms with Crippen LogP contribution >= 0.6 is 0 Å². The lowest BCUT2D eigenvalue weighted by Gasteiger charge is -2.27. The van der Waals surface area contributed by atoms with Crippen molar-refractivity contribution in [3.05, 3.63) is 69.4 Å². The van der Waals surface area contributed by atoms with Crippen molar-refractivity contribution in [1.82, 2.24) is 5.32 Å². The number of morpholine rings is 1. The Bertz CT molecular complexity index is 1200. The third-order valence-corrected chi connectivity index (χ3v) is 5.37. The van der Waals surface area contributed by atoms with Gasteiger partial charge in [-0.3, -0.25) is 9.59 Å². The van der Waals surface area contributed by atoms with E-state index in [9.17, 15) is 18.4 Å². The van der Waals surface area contributed by atoms with Gasteiger partial charge in [-0.2, -0.15) is 0 Å². The molecule has 2 heterocycles. The van der Waals surface area contributed by atoms with E-state index in [0.717, 1.165) is 6.07 Å². The molecule has 9 heteroatoms. The predicted molar refractivity (Wildman–Crippen MR) is 117 cm³/mol. The van der Waals surface area contributed by atoms with Crippen LogP contribution in [0.4, 0.5) is 20.4 Å². The van der Waals surface area contributed by atoms with Crippen molar-refractivity contribution >= 4 is 28.4 Å². The summed E-state index contributed by atoms with van der Waals surface area (Å²) in [7, 11) is 1.49. The summed E-state index contributed by atoms with van der Waals surface area (Å²) >= 11 is 0. The van der Waals surface area contributed by atoms with Gasteiger partial charge in [-0.1, -0.05) is 0 Å². The van der Waals surface area contributed by atoms with Gasteiger partial charge in [-0.05, 0) is 31.2 Å². The van der Waals surface area contributed by atoms with Crippen LogP contribution in [0, 0.1) is 11.6 Å². The number of fused-ring (bicyclic) bond motifs is 1. The Morgan fingerprint density at radius 2 is 1.75 bits per heavy atom. The van der Waals surface area contributed by atoms with E-state index in [2.05, 4.69) is 10.6 Å².